The van der Waals surface area contributed by atoms with Gasteiger partial charge in [0.2, 0.25) is 0 Å². The molecule has 0 aromatic carbocycles. The Morgan fingerprint density at radius 1 is 1.10 bits per heavy atom. The number of aryl methyl sites for hydroxylation is 1. The molecule has 0 aliphatic heterocycles. The van der Waals surface area contributed by atoms with Gasteiger partial charge in [0.05, 0.1) is 5.69 Å². The van der Waals surface area contributed by atoms with Gasteiger partial charge in [0.25, 0.3) is 0 Å². The molecule has 1 unspecified atom stereocenters. The number of nitrogens with zero attached hydrogens (tertiary/aromatic N) is 1. The van der Waals surface area contributed by atoms with Crippen molar-refractivity contribution in [2.45, 2.75) is 76.2 Å². The van der Waals surface area contributed by atoms with E-state index in [1.54, 1.807) is 11.3 Å². The number of aromatic nitrogens is 1. The third-order valence-corrected chi connectivity index (χ3v) is 5.75. The Morgan fingerprint density at radius 3 is 2.52 bits per heavy atom. The Bertz CT molecular complexity index is 492. The number of hydrogen-bond donors (Lipinski definition) is 2. The van der Waals surface area contributed by atoms with Gasteiger partial charge in [-0.1, -0.05) is 32.1 Å². The summed E-state index contributed by atoms with van der Waals surface area (Å²) in [7, 11) is 0. The van der Waals surface area contributed by atoms with Crippen LogP contribution in [0.25, 0.3) is 0 Å². The average molecular weight is 308 g/mol. The van der Waals surface area contributed by atoms with E-state index in [2.05, 4.69) is 10.3 Å². The standard InChI is InChI=1S/C16H24N2O2S/c19-15(20)12-9-6-10-13-14(12)18-16(21-13)17-11-7-4-2-1-3-5-8-11/h11-12H,1-10H2,(H,17,18)(H,19,20). The zero-order valence-corrected chi connectivity index (χ0v) is 13.3. The molecule has 1 aromatic heterocycles. The van der Waals surface area contributed by atoms with Crippen LogP contribution >= 0.6 is 11.3 Å². The molecule has 4 nitrogen and oxygen atoms in total. The molecule has 0 radical (unpaired) electrons. The Hall–Kier alpha value is -1.10. The molecule has 5 heteroatoms. The van der Waals surface area contributed by atoms with Gasteiger partial charge in [-0.25, -0.2) is 4.98 Å². The van der Waals surface area contributed by atoms with Crippen molar-refractivity contribution in [1.82, 2.24) is 4.98 Å². The number of thiazole rings is 1. The number of anilines is 1. The lowest BCUT2D eigenvalue weighted by Crippen LogP contribution is -2.21. The van der Waals surface area contributed by atoms with Crippen LogP contribution in [-0.2, 0) is 11.2 Å². The maximum Gasteiger partial charge on any atom is 0.312 e. The molecule has 2 N–H and O–H groups in total. The molecule has 0 spiro atoms. The molecule has 2 aliphatic carbocycles. The number of rotatable bonds is 3. The highest BCUT2D eigenvalue weighted by Gasteiger charge is 2.30. The minimum Gasteiger partial charge on any atom is -0.481 e. The first-order valence-corrected chi connectivity index (χ1v) is 9.04. The van der Waals surface area contributed by atoms with Gasteiger partial charge in [0, 0.05) is 10.9 Å². The van der Waals surface area contributed by atoms with Crippen LogP contribution in [0.5, 0.6) is 0 Å². The maximum absolute atomic E-state index is 11.3. The average Bonchev–Trinajstić information content (AvgIpc) is 2.83. The van der Waals surface area contributed by atoms with E-state index in [4.69, 9.17) is 0 Å². The molecule has 3 rings (SSSR count). The summed E-state index contributed by atoms with van der Waals surface area (Å²) in [6.07, 6.45) is 11.8. The lowest BCUT2D eigenvalue weighted by molar-refractivity contribution is -0.139. The second kappa shape index (κ2) is 6.77. The molecule has 1 saturated carbocycles. The first-order chi connectivity index (χ1) is 10.2. The van der Waals surface area contributed by atoms with Crippen LogP contribution in [0.1, 0.15) is 74.3 Å². The minimum absolute atomic E-state index is 0.391. The van der Waals surface area contributed by atoms with Crippen LogP contribution in [0.3, 0.4) is 0 Å². The van der Waals surface area contributed by atoms with Crippen LogP contribution in [0.15, 0.2) is 0 Å². The fourth-order valence-electron chi connectivity index (χ4n) is 3.50. The van der Waals surface area contributed by atoms with Gasteiger partial charge in [-0.15, -0.1) is 11.3 Å². The Labute approximate surface area is 130 Å². The molecule has 21 heavy (non-hydrogen) atoms. The summed E-state index contributed by atoms with van der Waals surface area (Å²) in [4.78, 5) is 17.2. The number of aliphatic carboxylic acids is 1. The van der Waals surface area contributed by atoms with Crippen LogP contribution in [-0.4, -0.2) is 22.1 Å². The van der Waals surface area contributed by atoms with Gasteiger partial charge in [-0.05, 0) is 32.1 Å². The smallest absolute Gasteiger partial charge is 0.312 e. The summed E-state index contributed by atoms with van der Waals surface area (Å²) in [6, 6.07) is 0.515. The van der Waals surface area contributed by atoms with Gasteiger partial charge in [-0.2, -0.15) is 0 Å². The van der Waals surface area contributed by atoms with Crippen molar-refractivity contribution in [3.8, 4) is 0 Å². The third-order valence-electron chi connectivity index (χ3n) is 4.69. The van der Waals surface area contributed by atoms with Crippen LogP contribution < -0.4 is 5.32 Å². The van der Waals surface area contributed by atoms with Crippen molar-refractivity contribution >= 4 is 22.4 Å². The quantitative estimate of drug-likeness (QED) is 0.879. The second-order valence-corrected chi connectivity index (χ2v) is 7.38. The summed E-state index contributed by atoms with van der Waals surface area (Å²) >= 11 is 1.68. The molecule has 0 saturated heterocycles. The Morgan fingerprint density at radius 2 is 1.81 bits per heavy atom. The van der Waals surface area contributed by atoms with Crippen LogP contribution in [0.4, 0.5) is 5.13 Å². The predicted molar refractivity (Wildman–Crippen MR) is 85.2 cm³/mol. The molecule has 2 aliphatic rings. The highest BCUT2D eigenvalue weighted by molar-refractivity contribution is 7.15. The third kappa shape index (κ3) is 3.57. The summed E-state index contributed by atoms with van der Waals surface area (Å²) in [5.74, 6) is -1.11. The first-order valence-electron chi connectivity index (χ1n) is 8.23. The number of fused-ring (bicyclic) bond motifs is 1. The van der Waals surface area contributed by atoms with E-state index in [1.807, 2.05) is 0 Å². The number of nitrogens with one attached hydrogen (secondary N) is 1. The largest absolute Gasteiger partial charge is 0.481 e. The van der Waals surface area contributed by atoms with Crippen LogP contribution in [0, 0.1) is 0 Å². The SMILES string of the molecule is O=C(O)C1CCCc2sc(NC3CCCCCCC3)nc21. The van der Waals surface area contributed by atoms with E-state index in [9.17, 15) is 9.90 Å². The van der Waals surface area contributed by atoms with Crippen LogP contribution in [0.2, 0.25) is 0 Å². The number of carboxylic acid groups (broad SMARTS) is 1. The van der Waals surface area contributed by atoms with E-state index >= 15 is 0 Å². The summed E-state index contributed by atoms with van der Waals surface area (Å²) in [5, 5.41) is 13.9. The lowest BCUT2D eigenvalue weighted by Gasteiger charge is -2.20. The molecule has 116 valence electrons. The molecular formula is C16H24N2O2S. The van der Waals surface area contributed by atoms with Gasteiger partial charge >= 0.3 is 5.97 Å². The second-order valence-electron chi connectivity index (χ2n) is 6.30. The Balaban J connectivity index is 1.70. The highest BCUT2D eigenvalue weighted by atomic mass is 32.1. The van der Waals surface area contributed by atoms with Gasteiger partial charge in [0.1, 0.15) is 5.92 Å². The van der Waals surface area contributed by atoms with E-state index < -0.39 is 11.9 Å². The number of carbonyl (C=O) groups is 1. The maximum atomic E-state index is 11.3. The van der Waals surface area contributed by atoms with Crippen molar-refractivity contribution < 1.29 is 9.90 Å². The summed E-state index contributed by atoms with van der Waals surface area (Å²) < 4.78 is 0. The van der Waals surface area contributed by atoms with E-state index in [0.717, 1.165) is 30.1 Å². The summed E-state index contributed by atoms with van der Waals surface area (Å²) in [5.41, 5.74) is 0.826. The van der Waals surface area contributed by atoms with Gasteiger partial charge in [-0.3, -0.25) is 4.79 Å². The molecule has 0 bridgehead atoms. The molecular weight excluding hydrogens is 284 g/mol. The van der Waals surface area contributed by atoms with Crippen molar-refractivity contribution in [2.75, 3.05) is 5.32 Å². The lowest BCUT2D eigenvalue weighted by atomic mass is 9.91. The number of carboxylic acids is 1. The fraction of sp³-hybridized carbons (Fsp3) is 0.750. The van der Waals surface area contributed by atoms with E-state index in [0.29, 0.717) is 6.04 Å². The minimum atomic E-state index is -0.723. The highest BCUT2D eigenvalue weighted by Crippen LogP contribution is 2.37. The predicted octanol–water partition coefficient (Wildman–Crippen LogP) is 4.17. The zero-order valence-electron chi connectivity index (χ0n) is 12.4. The Kier molecular flexibility index (Phi) is 4.78. The molecule has 1 atom stereocenters. The van der Waals surface area contributed by atoms with E-state index in [1.165, 1.54) is 49.8 Å². The van der Waals surface area contributed by atoms with E-state index in [-0.39, 0.29) is 0 Å². The van der Waals surface area contributed by atoms with Gasteiger partial charge < -0.3 is 10.4 Å². The van der Waals surface area contributed by atoms with Crippen molar-refractivity contribution in [3.05, 3.63) is 10.6 Å². The fourth-order valence-corrected chi connectivity index (χ4v) is 4.64. The monoisotopic (exact) mass is 308 g/mol. The molecule has 1 fully saturated rings. The zero-order chi connectivity index (χ0) is 14.7. The summed E-state index contributed by atoms with van der Waals surface area (Å²) in [6.45, 7) is 0. The molecule has 1 heterocycles. The normalized spacial score (nSPS) is 23.9. The first kappa shape index (κ1) is 14.8. The molecule has 1 aromatic rings. The number of hydrogen-bond acceptors (Lipinski definition) is 4. The van der Waals surface area contributed by atoms with Crippen molar-refractivity contribution in [3.63, 3.8) is 0 Å². The van der Waals surface area contributed by atoms with Gasteiger partial charge in [0.15, 0.2) is 5.13 Å². The topological polar surface area (TPSA) is 62.2 Å². The molecule has 0 amide bonds. The van der Waals surface area contributed by atoms with Crippen molar-refractivity contribution in [1.29, 1.82) is 0 Å². The van der Waals surface area contributed by atoms with Crippen molar-refractivity contribution in [2.24, 2.45) is 0 Å².